The molecule has 1 aliphatic heterocycles. The second-order valence-corrected chi connectivity index (χ2v) is 3.38. The van der Waals surface area contributed by atoms with Gasteiger partial charge in [-0.15, -0.1) is 0 Å². The molecular weight excluding hydrogens is 196 g/mol. The van der Waals surface area contributed by atoms with Crippen molar-refractivity contribution in [1.82, 2.24) is 0 Å². The second kappa shape index (κ2) is 3.69. The lowest BCUT2D eigenvalue weighted by Crippen LogP contribution is -2.13. The maximum Gasteiger partial charge on any atom is 0.159 e. The van der Waals surface area contributed by atoms with Crippen LogP contribution in [0.4, 0.5) is 0 Å². The molecule has 1 saturated heterocycles. The van der Waals surface area contributed by atoms with Gasteiger partial charge in [-0.2, -0.15) is 0 Å². The van der Waals surface area contributed by atoms with Crippen LogP contribution < -0.4 is 0 Å². The summed E-state index contributed by atoms with van der Waals surface area (Å²) in [6.07, 6.45) is 1.46. The molecule has 1 rings (SSSR count). The van der Waals surface area contributed by atoms with Crippen molar-refractivity contribution >= 4 is 15.9 Å². The Morgan fingerprint density at radius 1 is 1.20 bits per heavy atom. The molecule has 3 heteroatoms. The van der Waals surface area contributed by atoms with E-state index < -0.39 is 0 Å². The van der Waals surface area contributed by atoms with E-state index in [0.717, 1.165) is 11.8 Å². The Hall–Kier alpha value is 0.400. The minimum Gasteiger partial charge on any atom is -0.347 e. The van der Waals surface area contributed by atoms with E-state index in [-0.39, 0.29) is 18.5 Å². The van der Waals surface area contributed by atoms with Crippen LogP contribution in [0.5, 0.6) is 0 Å². The normalized spacial score (nSPS) is 40.5. The first-order valence-electron chi connectivity index (χ1n) is 3.61. The third-order valence-electron chi connectivity index (χ3n) is 1.74. The second-order valence-electron chi connectivity index (χ2n) is 2.59. The summed E-state index contributed by atoms with van der Waals surface area (Å²) in [6, 6.07) is 0. The fourth-order valence-corrected chi connectivity index (χ4v) is 1.33. The average molecular weight is 209 g/mol. The first-order chi connectivity index (χ1) is 4.74. The monoisotopic (exact) mass is 208 g/mol. The molecule has 0 saturated carbocycles. The topological polar surface area (TPSA) is 18.5 Å². The van der Waals surface area contributed by atoms with Gasteiger partial charge in [-0.3, -0.25) is 0 Å². The molecule has 0 aromatic heterocycles. The molecule has 0 radical (unpaired) electrons. The molecule has 10 heavy (non-hydrogen) atoms. The molecule has 2 unspecified atom stereocenters. The summed E-state index contributed by atoms with van der Waals surface area (Å²) in [5.74, 6) is 0. The van der Waals surface area contributed by atoms with Gasteiger partial charge in [-0.1, -0.05) is 15.9 Å². The third-order valence-corrected chi connectivity index (χ3v) is 2.20. The van der Waals surface area contributed by atoms with Gasteiger partial charge >= 0.3 is 0 Å². The average Bonchev–Trinajstić information content (AvgIpc) is 2.14. The molecule has 2 atom stereocenters. The Labute approximate surface area is 70.0 Å². The highest BCUT2D eigenvalue weighted by Gasteiger charge is 2.28. The van der Waals surface area contributed by atoms with Crippen molar-refractivity contribution in [1.29, 1.82) is 0 Å². The molecule has 0 bridgehead atoms. The first kappa shape index (κ1) is 8.50. The summed E-state index contributed by atoms with van der Waals surface area (Å²) < 4.78 is 10.9. The van der Waals surface area contributed by atoms with Crippen LogP contribution >= 0.6 is 15.9 Å². The molecule has 0 amide bonds. The van der Waals surface area contributed by atoms with E-state index in [1.165, 1.54) is 0 Å². The summed E-state index contributed by atoms with van der Waals surface area (Å²) >= 11 is 3.34. The van der Waals surface area contributed by atoms with Gasteiger partial charge in [-0.05, 0) is 13.8 Å². The number of halogens is 1. The molecule has 1 heterocycles. The molecule has 0 aliphatic carbocycles. The summed E-state index contributed by atoms with van der Waals surface area (Å²) in [5.41, 5.74) is 0. The third kappa shape index (κ3) is 1.94. The van der Waals surface area contributed by atoms with Crippen LogP contribution in [0.25, 0.3) is 0 Å². The summed E-state index contributed by atoms with van der Waals surface area (Å²) in [4.78, 5) is 0. The Kier molecular flexibility index (Phi) is 3.14. The van der Waals surface area contributed by atoms with Gasteiger partial charge in [0.05, 0.1) is 12.2 Å². The fourth-order valence-electron chi connectivity index (χ4n) is 0.957. The largest absolute Gasteiger partial charge is 0.347 e. The standard InChI is InChI=1S/C7H13BrO2/c1-5-6(2)10-7(9-5)3-4-8/h5-7H,3-4H2,1-2H3. The van der Waals surface area contributed by atoms with Crippen molar-refractivity contribution in [3.8, 4) is 0 Å². The molecule has 0 spiro atoms. The van der Waals surface area contributed by atoms with Crippen LogP contribution in [0, 0.1) is 0 Å². The minimum atomic E-state index is 0.0179. The van der Waals surface area contributed by atoms with Crippen LogP contribution in [0.3, 0.4) is 0 Å². The fraction of sp³-hybridized carbons (Fsp3) is 1.00. The molecule has 0 aromatic carbocycles. The number of hydrogen-bond acceptors (Lipinski definition) is 2. The van der Waals surface area contributed by atoms with Gasteiger partial charge < -0.3 is 9.47 Å². The van der Waals surface area contributed by atoms with E-state index in [1.807, 2.05) is 13.8 Å². The molecular formula is C7H13BrO2. The molecule has 60 valence electrons. The van der Waals surface area contributed by atoms with E-state index in [0.29, 0.717) is 0 Å². The van der Waals surface area contributed by atoms with Crippen molar-refractivity contribution in [3.63, 3.8) is 0 Å². The van der Waals surface area contributed by atoms with Crippen molar-refractivity contribution in [3.05, 3.63) is 0 Å². The maximum absolute atomic E-state index is 5.46. The van der Waals surface area contributed by atoms with E-state index in [1.54, 1.807) is 0 Å². The first-order valence-corrected chi connectivity index (χ1v) is 4.73. The Morgan fingerprint density at radius 2 is 1.70 bits per heavy atom. The lowest BCUT2D eigenvalue weighted by Gasteiger charge is -2.05. The zero-order valence-corrected chi connectivity index (χ0v) is 7.93. The number of rotatable bonds is 2. The SMILES string of the molecule is CC1OC(CCBr)OC1C. The van der Waals surface area contributed by atoms with Crippen LogP contribution in [0.1, 0.15) is 20.3 Å². The number of hydrogen-bond donors (Lipinski definition) is 0. The van der Waals surface area contributed by atoms with E-state index in [4.69, 9.17) is 9.47 Å². The Morgan fingerprint density at radius 3 is 2.10 bits per heavy atom. The molecule has 1 fully saturated rings. The van der Waals surface area contributed by atoms with Gasteiger partial charge in [0.2, 0.25) is 0 Å². The van der Waals surface area contributed by atoms with Crippen molar-refractivity contribution < 1.29 is 9.47 Å². The highest BCUT2D eigenvalue weighted by Crippen LogP contribution is 2.20. The lowest BCUT2D eigenvalue weighted by molar-refractivity contribution is -0.0625. The van der Waals surface area contributed by atoms with Gasteiger partial charge in [0.15, 0.2) is 6.29 Å². The predicted molar refractivity (Wildman–Crippen MR) is 43.3 cm³/mol. The summed E-state index contributed by atoms with van der Waals surface area (Å²) in [5, 5.41) is 0.942. The Balaban J connectivity index is 2.27. The van der Waals surface area contributed by atoms with E-state index in [9.17, 15) is 0 Å². The summed E-state index contributed by atoms with van der Waals surface area (Å²) in [7, 11) is 0. The van der Waals surface area contributed by atoms with E-state index in [2.05, 4.69) is 15.9 Å². The zero-order chi connectivity index (χ0) is 7.56. The zero-order valence-electron chi connectivity index (χ0n) is 6.34. The number of alkyl halides is 1. The minimum absolute atomic E-state index is 0.0179. The lowest BCUT2D eigenvalue weighted by atomic mass is 10.3. The van der Waals surface area contributed by atoms with Crippen LogP contribution in [0.2, 0.25) is 0 Å². The van der Waals surface area contributed by atoms with Gasteiger partial charge in [0.1, 0.15) is 0 Å². The van der Waals surface area contributed by atoms with Crippen LogP contribution in [-0.4, -0.2) is 23.8 Å². The molecule has 0 aromatic rings. The Bertz CT molecular complexity index is 97.8. The molecule has 0 N–H and O–H groups in total. The van der Waals surface area contributed by atoms with E-state index >= 15 is 0 Å². The molecule has 2 nitrogen and oxygen atoms in total. The predicted octanol–water partition coefficient (Wildman–Crippen LogP) is 1.92. The van der Waals surface area contributed by atoms with Gasteiger partial charge in [-0.25, -0.2) is 0 Å². The quantitative estimate of drug-likeness (QED) is 0.647. The number of ether oxygens (including phenoxy) is 2. The van der Waals surface area contributed by atoms with Crippen LogP contribution in [0.15, 0.2) is 0 Å². The smallest absolute Gasteiger partial charge is 0.159 e. The van der Waals surface area contributed by atoms with Crippen LogP contribution in [-0.2, 0) is 9.47 Å². The van der Waals surface area contributed by atoms with Crippen molar-refractivity contribution in [2.75, 3.05) is 5.33 Å². The highest BCUT2D eigenvalue weighted by molar-refractivity contribution is 9.09. The summed E-state index contributed by atoms with van der Waals surface area (Å²) in [6.45, 7) is 4.08. The van der Waals surface area contributed by atoms with Crippen molar-refractivity contribution in [2.24, 2.45) is 0 Å². The van der Waals surface area contributed by atoms with Crippen molar-refractivity contribution in [2.45, 2.75) is 38.8 Å². The van der Waals surface area contributed by atoms with Gasteiger partial charge in [0, 0.05) is 11.8 Å². The highest BCUT2D eigenvalue weighted by atomic mass is 79.9. The van der Waals surface area contributed by atoms with Gasteiger partial charge in [0.25, 0.3) is 0 Å². The molecule has 1 aliphatic rings. The maximum atomic E-state index is 5.46.